The summed E-state index contributed by atoms with van der Waals surface area (Å²) >= 11 is 0. The van der Waals surface area contributed by atoms with E-state index in [4.69, 9.17) is 0 Å². The highest BCUT2D eigenvalue weighted by Gasteiger charge is 2.26. The van der Waals surface area contributed by atoms with Gasteiger partial charge < -0.3 is 10.0 Å². The van der Waals surface area contributed by atoms with E-state index < -0.39 is 5.82 Å². The molecule has 1 aliphatic heterocycles. The predicted octanol–water partition coefficient (Wildman–Crippen LogP) is 3.01. The van der Waals surface area contributed by atoms with Crippen molar-refractivity contribution in [3.63, 3.8) is 0 Å². The van der Waals surface area contributed by atoms with Gasteiger partial charge in [0.2, 0.25) is 0 Å². The van der Waals surface area contributed by atoms with E-state index >= 15 is 0 Å². The maximum Gasteiger partial charge on any atom is 0.126 e. The van der Waals surface area contributed by atoms with Crippen LogP contribution in [0.5, 0.6) is 5.75 Å². The maximum atomic E-state index is 13.1. The van der Waals surface area contributed by atoms with Crippen LogP contribution in [0.2, 0.25) is 0 Å². The molecular weight excluding hydrogens is 255 g/mol. The Hall–Kier alpha value is -1.13. The van der Waals surface area contributed by atoms with Crippen molar-refractivity contribution in [2.75, 3.05) is 26.7 Å². The topological polar surface area (TPSA) is 26.7 Å². The average Bonchev–Trinajstić information content (AvgIpc) is 2.46. The molecule has 20 heavy (non-hydrogen) atoms. The summed E-state index contributed by atoms with van der Waals surface area (Å²) in [5, 5.41) is 9.91. The van der Waals surface area contributed by atoms with E-state index in [2.05, 4.69) is 30.7 Å². The summed E-state index contributed by atoms with van der Waals surface area (Å²) in [5.74, 6) is -0.340. The highest BCUT2D eigenvalue weighted by atomic mass is 19.1. The Bertz CT molecular complexity index is 444. The lowest BCUT2D eigenvalue weighted by Gasteiger charge is -2.39. The molecule has 0 radical (unpaired) electrons. The number of phenols is 1. The normalized spacial score (nSPS) is 19.4. The third kappa shape index (κ3) is 3.30. The van der Waals surface area contributed by atoms with Gasteiger partial charge in [-0.25, -0.2) is 4.39 Å². The van der Waals surface area contributed by atoms with Gasteiger partial charge in [0.1, 0.15) is 11.6 Å². The van der Waals surface area contributed by atoms with Gasteiger partial charge in [-0.1, -0.05) is 13.0 Å². The molecule has 0 spiro atoms. The largest absolute Gasteiger partial charge is 0.508 e. The molecule has 1 atom stereocenters. The number of hydrogen-bond acceptors (Lipinski definition) is 3. The number of hydrogen-bond donors (Lipinski definition) is 1. The number of aromatic hydroxyl groups is 1. The molecule has 0 aromatic heterocycles. The van der Waals surface area contributed by atoms with Crippen molar-refractivity contribution in [2.45, 2.75) is 38.8 Å². The third-order valence-electron chi connectivity index (χ3n) is 4.63. The molecule has 1 aromatic rings. The summed E-state index contributed by atoms with van der Waals surface area (Å²) in [6.07, 6.45) is 2.30. The van der Waals surface area contributed by atoms with Crippen LogP contribution in [0.1, 0.15) is 38.3 Å². The van der Waals surface area contributed by atoms with E-state index in [9.17, 15) is 9.50 Å². The highest BCUT2D eigenvalue weighted by Crippen LogP contribution is 2.31. The van der Waals surface area contributed by atoms with E-state index in [-0.39, 0.29) is 11.8 Å². The number of piperidine rings is 1. The second-order valence-electron chi connectivity index (χ2n) is 5.71. The Kier molecular flexibility index (Phi) is 5.00. The SMILES string of the molecule is CCN1CCC(N(C)C(C)c2ccc(F)cc2O)CC1. The van der Waals surface area contributed by atoms with Crippen LogP contribution in [-0.2, 0) is 0 Å². The van der Waals surface area contributed by atoms with Crippen LogP contribution < -0.4 is 0 Å². The fraction of sp³-hybridized carbons (Fsp3) is 0.625. The van der Waals surface area contributed by atoms with Crippen LogP contribution >= 0.6 is 0 Å². The summed E-state index contributed by atoms with van der Waals surface area (Å²) in [7, 11) is 2.10. The van der Waals surface area contributed by atoms with Crippen LogP contribution in [0.4, 0.5) is 4.39 Å². The molecule has 112 valence electrons. The van der Waals surface area contributed by atoms with Crippen LogP contribution in [0.3, 0.4) is 0 Å². The lowest BCUT2D eigenvalue weighted by Crippen LogP contribution is -2.44. The van der Waals surface area contributed by atoms with E-state index in [1.807, 2.05) is 0 Å². The Morgan fingerprint density at radius 3 is 2.60 bits per heavy atom. The van der Waals surface area contributed by atoms with Crippen LogP contribution in [0, 0.1) is 5.82 Å². The minimum Gasteiger partial charge on any atom is -0.508 e. The average molecular weight is 280 g/mol. The fourth-order valence-corrected chi connectivity index (χ4v) is 3.05. The molecule has 0 bridgehead atoms. The Balaban J connectivity index is 2.03. The maximum absolute atomic E-state index is 13.1. The first-order valence-corrected chi connectivity index (χ1v) is 7.45. The van der Waals surface area contributed by atoms with E-state index in [0.29, 0.717) is 6.04 Å². The molecular formula is C16H25FN2O. The third-order valence-corrected chi connectivity index (χ3v) is 4.63. The number of benzene rings is 1. The molecule has 2 rings (SSSR count). The van der Waals surface area contributed by atoms with E-state index in [0.717, 1.165) is 38.0 Å². The van der Waals surface area contributed by atoms with Crippen molar-refractivity contribution in [3.05, 3.63) is 29.6 Å². The fourth-order valence-electron chi connectivity index (χ4n) is 3.05. The van der Waals surface area contributed by atoms with Crippen molar-refractivity contribution in [2.24, 2.45) is 0 Å². The molecule has 1 aromatic carbocycles. The molecule has 0 saturated carbocycles. The molecule has 1 heterocycles. The van der Waals surface area contributed by atoms with Crippen LogP contribution in [0.25, 0.3) is 0 Å². The van der Waals surface area contributed by atoms with Crippen molar-refractivity contribution < 1.29 is 9.50 Å². The number of rotatable bonds is 4. The van der Waals surface area contributed by atoms with E-state index in [1.165, 1.54) is 12.1 Å². The molecule has 1 N–H and O–H groups in total. The number of likely N-dealkylation sites (tertiary alicyclic amines) is 1. The first-order valence-electron chi connectivity index (χ1n) is 7.45. The molecule has 1 fully saturated rings. The van der Waals surface area contributed by atoms with Gasteiger partial charge in [-0.05, 0) is 52.5 Å². The zero-order valence-electron chi connectivity index (χ0n) is 12.6. The highest BCUT2D eigenvalue weighted by molar-refractivity contribution is 5.35. The number of nitrogens with zero attached hydrogens (tertiary/aromatic N) is 2. The van der Waals surface area contributed by atoms with Gasteiger partial charge in [0.05, 0.1) is 0 Å². The Labute approximate surface area is 121 Å². The van der Waals surface area contributed by atoms with Gasteiger partial charge >= 0.3 is 0 Å². The van der Waals surface area contributed by atoms with Crippen molar-refractivity contribution in [1.82, 2.24) is 9.80 Å². The van der Waals surface area contributed by atoms with Crippen LogP contribution in [-0.4, -0.2) is 47.6 Å². The number of phenolic OH excluding ortho intramolecular Hbond substituents is 1. The standard InChI is InChI=1S/C16H25FN2O/c1-4-19-9-7-14(8-10-19)18(3)12(2)15-6-5-13(17)11-16(15)20/h5-6,11-12,14,20H,4,7-10H2,1-3H3. The molecule has 1 unspecified atom stereocenters. The Morgan fingerprint density at radius 1 is 1.40 bits per heavy atom. The molecule has 0 aliphatic carbocycles. The lowest BCUT2D eigenvalue weighted by atomic mass is 9.99. The Morgan fingerprint density at radius 2 is 2.05 bits per heavy atom. The van der Waals surface area contributed by atoms with Gasteiger partial charge in [-0.3, -0.25) is 4.90 Å². The van der Waals surface area contributed by atoms with Gasteiger partial charge in [0, 0.05) is 23.7 Å². The second-order valence-corrected chi connectivity index (χ2v) is 5.71. The molecule has 3 nitrogen and oxygen atoms in total. The van der Waals surface area contributed by atoms with Gasteiger partial charge in [0.15, 0.2) is 0 Å². The number of halogens is 1. The molecule has 4 heteroatoms. The summed E-state index contributed by atoms with van der Waals surface area (Å²) in [6.45, 7) is 7.65. The van der Waals surface area contributed by atoms with E-state index in [1.54, 1.807) is 6.07 Å². The van der Waals surface area contributed by atoms with Crippen LogP contribution in [0.15, 0.2) is 18.2 Å². The van der Waals surface area contributed by atoms with Crippen molar-refractivity contribution >= 4 is 0 Å². The summed E-state index contributed by atoms with van der Waals surface area (Å²) in [5.41, 5.74) is 0.798. The van der Waals surface area contributed by atoms with Gasteiger partial charge in [-0.2, -0.15) is 0 Å². The van der Waals surface area contributed by atoms with Crippen molar-refractivity contribution in [1.29, 1.82) is 0 Å². The summed E-state index contributed by atoms with van der Waals surface area (Å²) in [4.78, 5) is 4.77. The smallest absolute Gasteiger partial charge is 0.126 e. The minimum absolute atomic E-state index is 0.0512. The summed E-state index contributed by atoms with van der Waals surface area (Å²) in [6, 6.07) is 4.91. The predicted molar refractivity (Wildman–Crippen MR) is 79.4 cm³/mol. The summed E-state index contributed by atoms with van der Waals surface area (Å²) < 4.78 is 13.1. The molecule has 0 amide bonds. The first kappa shape index (κ1) is 15.3. The second kappa shape index (κ2) is 6.55. The monoisotopic (exact) mass is 280 g/mol. The molecule has 1 aliphatic rings. The first-order chi connectivity index (χ1) is 9.52. The molecule has 1 saturated heterocycles. The zero-order chi connectivity index (χ0) is 14.7. The minimum atomic E-state index is -0.391. The quantitative estimate of drug-likeness (QED) is 0.918. The lowest BCUT2D eigenvalue weighted by molar-refractivity contribution is 0.103. The zero-order valence-corrected chi connectivity index (χ0v) is 12.6. The van der Waals surface area contributed by atoms with Gasteiger partial charge in [-0.15, -0.1) is 0 Å². The van der Waals surface area contributed by atoms with Gasteiger partial charge in [0.25, 0.3) is 0 Å². The van der Waals surface area contributed by atoms with Crippen molar-refractivity contribution in [3.8, 4) is 5.75 Å².